The first-order chi connectivity index (χ1) is 9.50. The first kappa shape index (κ1) is 14.8. The number of rotatable bonds is 5. The molecular weight excluding hydrogens is 246 g/mol. The molecule has 0 unspecified atom stereocenters. The monoisotopic (exact) mass is 271 g/mol. The fourth-order valence-corrected chi connectivity index (χ4v) is 2.45. The second-order valence-corrected chi connectivity index (χ2v) is 5.94. The molecule has 3 heteroatoms. The van der Waals surface area contributed by atoms with Gasteiger partial charge >= 0.3 is 0 Å². The van der Waals surface area contributed by atoms with Gasteiger partial charge in [0.25, 0.3) is 0 Å². The molecule has 0 aliphatic rings. The molecule has 0 aliphatic heterocycles. The molecule has 0 saturated heterocycles. The lowest BCUT2D eigenvalue weighted by Gasteiger charge is -2.15. The number of aryl methyl sites for hydroxylation is 1. The summed E-state index contributed by atoms with van der Waals surface area (Å²) in [7, 11) is 0. The normalized spacial score (nSPS) is 11.6. The average molecular weight is 271 g/mol. The van der Waals surface area contributed by atoms with Gasteiger partial charge in [-0.1, -0.05) is 45.9 Å². The summed E-state index contributed by atoms with van der Waals surface area (Å²) in [6.45, 7) is 11.8. The van der Waals surface area contributed by atoms with Crippen LogP contribution in [-0.4, -0.2) is 15.8 Å². The summed E-state index contributed by atoms with van der Waals surface area (Å²) in [6, 6.07) is 8.89. The van der Waals surface area contributed by atoms with E-state index in [4.69, 9.17) is 0 Å². The van der Waals surface area contributed by atoms with E-state index in [0.717, 1.165) is 6.54 Å². The van der Waals surface area contributed by atoms with Crippen LogP contribution in [0.3, 0.4) is 0 Å². The topological polar surface area (TPSA) is 29.9 Å². The molecule has 1 N–H and O–H groups in total. The molecule has 0 saturated carbocycles. The van der Waals surface area contributed by atoms with Gasteiger partial charge in [0.15, 0.2) is 0 Å². The van der Waals surface area contributed by atoms with Crippen molar-refractivity contribution in [2.24, 2.45) is 0 Å². The van der Waals surface area contributed by atoms with Crippen molar-refractivity contribution in [2.45, 2.75) is 53.1 Å². The van der Waals surface area contributed by atoms with Crippen LogP contribution in [0.15, 0.2) is 30.5 Å². The standard InChI is InChI=1S/C17H25N3/c1-12(2)17-15(10-18-13(3)4)11-19-20(17)16-9-7-6-8-14(16)5/h6-9,11-13,18H,10H2,1-5H3. The third-order valence-corrected chi connectivity index (χ3v) is 3.48. The molecule has 2 aromatic rings. The largest absolute Gasteiger partial charge is 0.310 e. The lowest BCUT2D eigenvalue weighted by Crippen LogP contribution is -2.22. The van der Waals surface area contributed by atoms with Crippen molar-refractivity contribution in [3.8, 4) is 5.69 Å². The first-order valence-electron chi connectivity index (χ1n) is 7.37. The van der Waals surface area contributed by atoms with Crippen molar-refractivity contribution in [3.05, 3.63) is 47.3 Å². The van der Waals surface area contributed by atoms with Crippen molar-refractivity contribution in [1.29, 1.82) is 0 Å². The fourth-order valence-electron chi connectivity index (χ4n) is 2.45. The Labute approximate surface area is 122 Å². The van der Waals surface area contributed by atoms with Gasteiger partial charge in [0, 0.05) is 18.2 Å². The molecule has 1 aromatic carbocycles. The smallest absolute Gasteiger partial charge is 0.0678 e. The molecule has 0 atom stereocenters. The zero-order chi connectivity index (χ0) is 14.7. The van der Waals surface area contributed by atoms with Crippen LogP contribution in [0.2, 0.25) is 0 Å². The average Bonchev–Trinajstić information content (AvgIpc) is 2.80. The van der Waals surface area contributed by atoms with Gasteiger partial charge in [0.05, 0.1) is 17.6 Å². The Morgan fingerprint density at radius 3 is 2.45 bits per heavy atom. The van der Waals surface area contributed by atoms with E-state index in [0.29, 0.717) is 12.0 Å². The van der Waals surface area contributed by atoms with Crippen LogP contribution in [0.5, 0.6) is 0 Å². The van der Waals surface area contributed by atoms with Crippen molar-refractivity contribution >= 4 is 0 Å². The third-order valence-electron chi connectivity index (χ3n) is 3.48. The van der Waals surface area contributed by atoms with Gasteiger partial charge in [-0.2, -0.15) is 5.10 Å². The van der Waals surface area contributed by atoms with E-state index < -0.39 is 0 Å². The summed E-state index contributed by atoms with van der Waals surface area (Å²) in [5.41, 5.74) is 5.01. The Balaban J connectivity index is 2.42. The third kappa shape index (κ3) is 3.10. The molecule has 20 heavy (non-hydrogen) atoms. The van der Waals surface area contributed by atoms with E-state index in [2.05, 4.69) is 74.0 Å². The minimum Gasteiger partial charge on any atom is -0.310 e. The number of nitrogens with zero attached hydrogens (tertiary/aromatic N) is 2. The van der Waals surface area contributed by atoms with Gasteiger partial charge in [-0.3, -0.25) is 0 Å². The minimum atomic E-state index is 0.445. The van der Waals surface area contributed by atoms with Crippen LogP contribution in [0, 0.1) is 6.92 Å². The van der Waals surface area contributed by atoms with E-state index in [1.54, 1.807) is 0 Å². The Morgan fingerprint density at radius 1 is 1.15 bits per heavy atom. The maximum absolute atomic E-state index is 4.62. The Hall–Kier alpha value is -1.61. The predicted molar refractivity (Wildman–Crippen MR) is 84.4 cm³/mol. The second-order valence-electron chi connectivity index (χ2n) is 5.94. The Morgan fingerprint density at radius 2 is 1.85 bits per heavy atom. The highest BCUT2D eigenvalue weighted by atomic mass is 15.3. The maximum atomic E-state index is 4.62. The molecule has 0 fully saturated rings. The second kappa shape index (κ2) is 6.23. The SMILES string of the molecule is Cc1ccccc1-n1ncc(CNC(C)C)c1C(C)C. The molecule has 0 aliphatic carbocycles. The fraction of sp³-hybridized carbons (Fsp3) is 0.471. The number of hydrogen-bond donors (Lipinski definition) is 1. The predicted octanol–water partition coefficient (Wildman–Crippen LogP) is 3.80. The van der Waals surface area contributed by atoms with Gasteiger partial charge in [0.1, 0.15) is 0 Å². The van der Waals surface area contributed by atoms with Crippen LogP contribution < -0.4 is 5.32 Å². The van der Waals surface area contributed by atoms with Crippen molar-refractivity contribution in [2.75, 3.05) is 0 Å². The summed E-state index contributed by atoms with van der Waals surface area (Å²) in [4.78, 5) is 0. The van der Waals surface area contributed by atoms with Gasteiger partial charge < -0.3 is 5.32 Å². The van der Waals surface area contributed by atoms with E-state index in [9.17, 15) is 0 Å². The highest BCUT2D eigenvalue weighted by Crippen LogP contribution is 2.24. The number of para-hydroxylation sites is 1. The van der Waals surface area contributed by atoms with Gasteiger partial charge in [-0.25, -0.2) is 4.68 Å². The van der Waals surface area contributed by atoms with Crippen LogP contribution in [0.25, 0.3) is 5.69 Å². The molecule has 3 nitrogen and oxygen atoms in total. The lowest BCUT2D eigenvalue weighted by molar-refractivity contribution is 0.582. The van der Waals surface area contributed by atoms with Crippen LogP contribution in [0.4, 0.5) is 0 Å². The highest BCUT2D eigenvalue weighted by molar-refractivity contribution is 5.42. The number of aromatic nitrogens is 2. The van der Waals surface area contributed by atoms with E-state index >= 15 is 0 Å². The highest BCUT2D eigenvalue weighted by Gasteiger charge is 2.16. The van der Waals surface area contributed by atoms with Gasteiger partial charge in [0.2, 0.25) is 0 Å². The molecule has 0 spiro atoms. The number of benzene rings is 1. The summed E-state index contributed by atoms with van der Waals surface area (Å²) < 4.78 is 2.09. The molecule has 1 aromatic heterocycles. The summed E-state index contributed by atoms with van der Waals surface area (Å²) in [5, 5.41) is 8.11. The van der Waals surface area contributed by atoms with Crippen molar-refractivity contribution in [3.63, 3.8) is 0 Å². The zero-order valence-electron chi connectivity index (χ0n) is 13.1. The minimum absolute atomic E-state index is 0.445. The molecule has 0 radical (unpaired) electrons. The molecule has 2 rings (SSSR count). The molecule has 108 valence electrons. The summed E-state index contributed by atoms with van der Waals surface area (Å²) in [5.74, 6) is 0.445. The molecule has 0 amide bonds. The molecule has 1 heterocycles. The van der Waals surface area contributed by atoms with Crippen LogP contribution >= 0.6 is 0 Å². The summed E-state index contributed by atoms with van der Waals surface area (Å²) >= 11 is 0. The maximum Gasteiger partial charge on any atom is 0.0678 e. The number of hydrogen-bond acceptors (Lipinski definition) is 2. The van der Waals surface area contributed by atoms with Crippen molar-refractivity contribution < 1.29 is 0 Å². The van der Waals surface area contributed by atoms with Gasteiger partial charge in [-0.15, -0.1) is 0 Å². The van der Waals surface area contributed by atoms with Crippen LogP contribution in [0.1, 0.15) is 50.4 Å². The molecule has 0 bridgehead atoms. The zero-order valence-corrected chi connectivity index (χ0v) is 13.1. The Bertz CT molecular complexity index is 567. The van der Waals surface area contributed by atoms with Crippen molar-refractivity contribution in [1.82, 2.24) is 15.1 Å². The van der Waals surface area contributed by atoms with E-state index in [1.165, 1.54) is 22.5 Å². The number of nitrogens with one attached hydrogen (secondary N) is 1. The van der Waals surface area contributed by atoms with Crippen LogP contribution in [-0.2, 0) is 6.54 Å². The first-order valence-corrected chi connectivity index (χ1v) is 7.37. The lowest BCUT2D eigenvalue weighted by atomic mass is 10.0. The summed E-state index contributed by atoms with van der Waals surface area (Å²) in [6.07, 6.45) is 2.00. The Kier molecular flexibility index (Phi) is 4.61. The quantitative estimate of drug-likeness (QED) is 0.896. The van der Waals surface area contributed by atoms with E-state index in [1.807, 2.05) is 6.20 Å². The van der Waals surface area contributed by atoms with Gasteiger partial charge in [-0.05, 0) is 24.5 Å². The van der Waals surface area contributed by atoms with E-state index in [-0.39, 0.29) is 0 Å². The molecular formula is C17H25N3.